The van der Waals surface area contributed by atoms with Crippen LogP contribution in [0.5, 0.6) is 0 Å². The predicted octanol–water partition coefficient (Wildman–Crippen LogP) is 5.13. The minimum atomic E-state index is -0.503. The second kappa shape index (κ2) is 11.5. The molecule has 46 heavy (non-hydrogen) atoms. The van der Waals surface area contributed by atoms with Gasteiger partial charge in [-0.25, -0.2) is 14.8 Å². The average molecular weight is 628 g/mol. The van der Waals surface area contributed by atoms with Gasteiger partial charge in [0.15, 0.2) is 5.82 Å². The van der Waals surface area contributed by atoms with Gasteiger partial charge in [0.2, 0.25) is 0 Å². The van der Waals surface area contributed by atoms with Gasteiger partial charge >= 0.3 is 6.09 Å². The maximum absolute atomic E-state index is 14.1. The van der Waals surface area contributed by atoms with E-state index in [1.165, 1.54) is 0 Å². The number of ether oxygens (including phenoxy) is 1. The van der Waals surface area contributed by atoms with Crippen LogP contribution < -0.4 is 14.7 Å². The van der Waals surface area contributed by atoms with E-state index in [9.17, 15) is 9.59 Å². The molecular formula is C34H45N9O3. The SMILES string of the molecule is CCn1cnnc1-c1cccc(N2Cc3c(cc(N4CCCC4C)nc3N3CCC4(CCN(C(=O)OC(C)(C)C)C4)CC3)C2=O)n1. The first kappa shape index (κ1) is 30.4. The first-order valence-corrected chi connectivity index (χ1v) is 16.7. The summed E-state index contributed by atoms with van der Waals surface area (Å²) < 4.78 is 7.62. The number of carbonyl (C=O) groups is 2. The van der Waals surface area contributed by atoms with Crippen molar-refractivity contribution in [3.05, 3.63) is 41.7 Å². The fourth-order valence-corrected chi connectivity index (χ4v) is 7.54. The molecule has 4 aliphatic heterocycles. The molecule has 12 heteroatoms. The smallest absolute Gasteiger partial charge is 0.410 e. The molecule has 0 N–H and O–H groups in total. The third-order valence-electron chi connectivity index (χ3n) is 10.1. The summed E-state index contributed by atoms with van der Waals surface area (Å²) in [5.41, 5.74) is 1.94. The molecule has 0 aliphatic carbocycles. The fourth-order valence-electron chi connectivity index (χ4n) is 7.54. The van der Waals surface area contributed by atoms with Crippen molar-refractivity contribution in [1.29, 1.82) is 0 Å². The summed E-state index contributed by atoms with van der Waals surface area (Å²) in [7, 11) is 0. The zero-order valence-corrected chi connectivity index (χ0v) is 27.7. The Morgan fingerprint density at radius 1 is 1.07 bits per heavy atom. The normalized spacial score (nSPS) is 21.1. The highest BCUT2D eigenvalue weighted by Gasteiger charge is 2.44. The van der Waals surface area contributed by atoms with Crippen LogP contribution in [0.2, 0.25) is 0 Å². The minimum Gasteiger partial charge on any atom is -0.444 e. The molecule has 7 rings (SSSR count). The standard InChI is InChI=1S/C34H45N9O3/c1-6-39-22-35-38-30(39)26-10-7-11-27(36-26)43-20-25-24(31(43)44)19-28(42-15-8-9-23(42)2)37-29(25)40-16-12-34(13-17-40)14-18-41(21-34)32(45)46-33(3,4)5/h7,10-11,19,22-23H,6,8-9,12-18,20-21H2,1-5H3. The van der Waals surface area contributed by atoms with Gasteiger partial charge in [0, 0.05) is 50.9 Å². The van der Waals surface area contributed by atoms with Crippen LogP contribution in [0.1, 0.15) is 82.6 Å². The van der Waals surface area contributed by atoms with Crippen molar-refractivity contribution < 1.29 is 14.3 Å². The molecule has 0 aromatic carbocycles. The van der Waals surface area contributed by atoms with Gasteiger partial charge in [-0.2, -0.15) is 0 Å². The number of amides is 2. The number of pyridine rings is 2. The lowest BCUT2D eigenvalue weighted by Crippen LogP contribution is -2.43. The number of hydrogen-bond acceptors (Lipinski definition) is 9. The van der Waals surface area contributed by atoms with E-state index < -0.39 is 5.60 Å². The van der Waals surface area contributed by atoms with E-state index in [1.807, 2.05) is 61.4 Å². The highest BCUT2D eigenvalue weighted by atomic mass is 16.6. The summed E-state index contributed by atoms with van der Waals surface area (Å²) >= 11 is 0. The van der Waals surface area contributed by atoms with Crippen molar-refractivity contribution in [1.82, 2.24) is 29.6 Å². The Morgan fingerprint density at radius 3 is 2.57 bits per heavy atom. The third-order valence-corrected chi connectivity index (χ3v) is 10.1. The van der Waals surface area contributed by atoms with E-state index in [0.717, 1.165) is 88.6 Å². The number of carbonyl (C=O) groups excluding carboxylic acids is 2. The molecule has 1 unspecified atom stereocenters. The second-order valence-electron chi connectivity index (χ2n) is 14.4. The van der Waals surface area contributed by atoms with Crippen LogP contribution >= 0.6 is 0 Å². The maximum Gasteiger partial charge on any atom is 0.410 e. The fraction of sp³-hybridized carbons (Fsp3) is 0.588. The molecule has 1 spiro atoms. The average Bonchev–Trinajstić information content (AvgIpc) is 3.83. The Morgan fingerprint density at radius 2 is 1.85 bits per heavy atom. The molecule has 2 amide bonds. The number of fused-ring (bicyclic) bond motifs is 1. The van der Waals surface area contributed by atoms with Crippen LogP contribution in [-0.2, 0) is 17.8 Å². The van der Waals surface area contributed by atoms with Gasteiger partial charge in [-0.05, 0) is 90.3 Å². The lowest BCUT2D eigenvalue weighted by atomic mass is 9.77. The Labute approximate surface area is 270 Å². The number of hydrogen-bond donors (Lipinski definition) is 0. The third kappa shape index (κ3) is 5.55. The molecule has 0 bridgehead atoms. The molecule has 1 atom stereocenters. The molecule has 0 radical (unpaired) electrons. The largest absolute Gasteiger partial charge is 0.444 e. The number of nitrogens with zero attached hydrogens (tertiary/aromatic N) is 9. The summed E-state index contributed by atoms with van der Waals surface area (Å²) in [5.74, 6) is 3.01. The quantitative estimate of drug-likeness (QED) is 0.380. The Balaban J connectivity index is 1.16. The molecule has 244 valence electrons. The molecule has 3 fully saturated rings. The van der Waals surface area contributed by atoms with Crippen LogP contribution in [0, 0.1) is 5.41 Å². The first-order valence-electron chi connectivity index (χ1n) is 16.7. The topological polar surface area (TPSA) is 113 Å². The van der Waals surface area contributed by atoms with Gasteiger partial charge in [-0.1, -0.05) is 6.07 Å². The molecule has 3 aromatic heterocycles. The van der Waals surface area contributed by atoms with E-state index >= 15 is 0 Å². The zero-order valence-electron chi connectivity index (χ0n) is 27.7. The molecule has 4 aliphatic rings. The number of rotatable bonds is 5. The van der Waals surface area contributed by atoms with Gasteiger partial charge in [0.25, 0.3) is 5.91 Å². The van der Waals surface area contributed by atoms with E-state index in [-0.39, 0.29) is 17.4 Å². The van der Waals surface area contributed by atoms with Crippen molar-refractivity contribution in [2.24, 2.45) is 5.41 Å². The van der Waals surface area contributed by atoms with Gasteiger partial charge in [-0.15, -0.1) is 10.2 Å². The minimum absolute atomic E-state index is 0.0503. The molecule has 3 aromatic rings. The van der Waals surface area contributed by atoms with Crippen LogP contribution in [0.3, 0.4) is 0 Å². The number of aromatic nitrogens is 5. The molecule has 7 heterocycles. The second-order valence-corrected chi connectivity index (χ2v) is 14.4. The van der Waals surface area contributed by atoms with Crippen molar-refractivity contribution in [2.45, 2.75) is 91.5 Å². The lowest BCUT2D eigenvalue weighted by Gasteiger charge is -2.40. The maximum atomic E-state index is 14.1. The van der Waals surface area contributed by atoms with Gasteiger partial charge < -0.3 is 24.0 Å². The van der Waals surface area contributed by atoms with Crippen molar-refractivity contribution in [2.75, 3.05) is 47.4 Å². The van der Waals surface area contributed by atoms with Gasteiger partial charge in [0.05, 0.1) is 12.1 Å². The van der Waals surface area contributed by atoms with Crippen molar-refractivity contribution in [3.8, 4) is 11.5 Å². The van der Waals surface area contributed by atoms with Crippen LogP contribution in [0.15, 0.2) is 30.6 Å². The number of aryl methyl sites for hydroxylation is 1. The summed E-state index contributed by atoms with van der Waals surface area (Å²) in [4.78, 5) is 45.5. The summed E-state index contributed by atoms with van der Waals surface area (Å²) in [6, 6.07) is 8.09. The Bertz CT molecular complexity index is 1640. The Hall–Kier alpha value is -4.22. The van der Waals surface area contributed by atoms with Crippen molar-refractivity contribution in [3.63, 3.8) is 0 Å². The van der Waals surface area contributed by atoms with Gasteiger partial charge in [-0.3, -0.25) is 9.69 Å². The predicted molar refractivity (Wildman–Crippen MR) is 176 cm³/mol. The van der Waals surface area contributed by atoms with E-state index in [1.54, 1.807) is 11.2 Å². The van der Waals surface area contributed by atoms with Gasteiger partial charge in [0.1, 0.15) is 35.1 Å². The molecule has 3 saturated heterocycles. The highest BCUT2D eigenvalue weighted by molar-refractivity contribution is 6.11. The number of piperidine rings is 1. The molecule has 12 nitrogen and oxygen atoms in total. The molecular weight excluding hydrogens is 582 g/mol. The summed E-state index contributed by atoms with van der Waals surface area (Å²) in [6.07, 6.45) is 6.63. The summed E-state index contributed by atoms with van der Waals surface area (Å²) in [5, 5.41) is 8.34. The number of anilines is 3. The zero-order chi connectivity index (χ0) is 32.2. The first-order chi connectivity index (χ1) is 22.0. The summed E-state index contributed by atoms with van der Waals surface area (Å²) in [6.45, 7) is 15.2. The van der Waals surface area contributed by atoms with Crippen molar-refractivity contribution >= 4 is 29.5 Å². The van der Waals surface area contributed by atoms with Crippen LogP contribution in [0.4, 0.5) is 22.2 Å². The Kier molecular flexibility index (Phi) is 7.64. The lowest BCUT2D eigenvalue weighted by molar-refractivity contribution is 0.0266. The van der Waals surface area contributed by atoms with E-state index in [0.29, 0.717) is 35.5 Å². The van der Waals surface area contributed by atoms with Crippen LogP contribution in [-0.4, -0.2) is 86.0 Å². The van der Waals surface area contributed by atoms with E-state index in [4.69, 9.17) is 14.7 Å². The number of likely N-dealkylation sites (tertiary alicyclic amines) is 1. The van der Waals surface area contributed by atoms with E-state index in [2.05, 4.69) is 26.9 Å². The molecule has 0 saturated carbocycles. The monoisotopic (exact) mass is 627 g/mol. The highest BCUT2D eigenvalue weighted by Crippen LogP contribution is 2.44. The van der Waals surface area contributed by atoms with Crippen LogP contribution in [0.25, 0.3) is 11.5 Å².